The summed E-state index contributed by atoms with van der Waals surface area (Å²) < 4.78 is 5.08. The van der Waals surface area contributed by atoms with Crippen LogP contribution in [0.1, 0.15) is 19.3 Å². The van der Waals surface area contributed by atoms with Crippen LogP contribution in [0.25, 0.3) is 0 Å². The number of guanidine groups is 2. The molecule has 2 unspecified atom stereocenters. The number of rotatable bonds is 5. The van der Waals surface area contributed by atoms with Crippen molar-refractivity contribution < 1.29 is 29.6 Å². The molecule has 0 aromatic rings. The van der Waals surface area contributed by atoms with Gasteiger partial charge in [-0.3, -0.25) is 9.59 Å². The molecular formula is C14H24N6O6. The van der Waals surface area contributed by atoms with Crippen LogP contribution >= 0.6 is 0 Å². The van der Waals surface area contributed by atoms with E-state index < -0.39 is 23.8 Å². The van der Waals surface area contributed by atoms with Crippen LogP contribution in [0.15, 0.2) is 9.98 Å². The first-order chi connectivity index (χ1) is 12.2. The Morgan fingerprint density at radius 2 is 2.08 bits per heavy atom. The average molecular weight is 372 g/mol. The van der Waals surface area contributed by atoms with Gasteiger partial charge in [-0.05, 0) is 0 Å². The van der Waals surface area contributed by atoms with Crippen LogP contribution in [-0.2, 0) is 14.3 Å². The van der Waals surface area contributed by atoms with Crippen LogP contribution in [0.5, 0.6) is 0 Å². The monoisotopic (exact) mass is 372 g/mol. The molecule has 0 aliphatic carbocycles. The van der Waals surface area contributed by atoms with Crippen molar-refractivity contribution in [3.05, 3.63) is 0 Å². The molecule has 0 saturated heterocycles. The highest BCUT2D eigenvalue weighted by Gasteiger charge is 2.34. The second-order valence-corrected chi connectivity index (χ2v) is 6.26. The zero-order chi connectivity index (χ0) is 19.3. The SMILES string of the molecule is NC1=NCC(O)(O)CCN2CC(N1)C(COC(=O)CCC(=O)O)N=C2N. The standard InChI is InChI=1S/C14H24N6O6/c15-12-17-7-14(24,25)3-4-20-5-8(18-12)9(19-13(20)16)6-26-11(23)2-1-10(21)22/h8-9,24-25H,1-7H2,(H2,16,19)(H,21,22)(H3,15,17,18). The lowest BCUT2D eigenvalue weighted by Gasteiger charge is -2.38. The molecule has 146 valence electrons. The fourth-order valence-corrected chi connectivity index (χ4v) is 2.60. The van der Waals surface area contributed by atoms with Gasteiger partial charge in [0.2, 0.25) is 0 Å². The van der Waals surface area contributed by atoms with Crippen LogP contribution in [-0.4, -0.2) is 88.2 Å². The molecule has 12 heteroatoms. The Kier molecular flexibility index (Phi) is 6.21. The van der Waals surface area contributed by atoms with Gasteiger partial charge in [0, 0.05) is 19.5 Å². The van der Waals surface area contributed by atoms with Gasteiger partial charge < -0.3 is 41.7 Å². The average Bonchev–Trinajstić information content (AvgIpc) is 2.56. The maximum atomic E-state index is 11.6. The molecule has 26 heavy (non-hydrogen) atoms. The molecule has 2 bridgehead atoms. The third-order valence-corrected chi connectivity index (χ3v) is 4.08. The van der Waals surface area contributed by atoms with E-state index in [1.807, 2.05) is 0 Å². The van der Waals surface area contributed by atoms with Crippen molar-refractivity contribution in [2.75, 3.05) is 26.2 Å². The van der Waals surface area contributed by atoms with Gasteiger partial charge in [-0.2, -0.15) is 0 Å². The minimum Gasteiger partial charge on any atom is -0.481 e. The van der Waals surface area contributed by atoms with Crippen LogP contribution in [0.3, 0.4) is 0 Å². The number of carboxylic acid groups (broad SMARTS) is 1. The van der Waals surface area contributed by atoms with E-state index in [-0.39, 0.29) is 56.9 Å². The van der Waals surface area contributed by atoms with E-state index in [1.54, 1.807) is 4.90 Å². The normalized spacial score (nSPS) is 25.4. The van der Waals surface area contributed by atoms with E-state index in [1.165, 1.54) is 0 Å². The number of esters is 1. The number of aliphatic imine (C=N–C) groups is 2. The number of nitrogens with one attached hydrogen (secondary N) is 1. The molecule has 0 aromatic heterocycles. The number of fused-ring (bicyclic) bond motifs is 2. The molecule has 0 radical (unpaired) electrons. The van der Waals surface area contributed by atoms with Gasteiger partial charge >= 0.3 is 11.9 Å². The third-order valence-electron chi connectivity index (χ3n) is 4.08. The Balaban J connectivity index is 2.05. The highest BCUT2D eigenvalue weighted by molar-refractivity contribution is 5.81. The molecule has 2 heterocycles. The van der Waals surface area contributed by atoms with Crippen LogP contribution < -0.4 is 16.8 Å². The number of ether oxygens (including phenoxy) is 1. The molecule has 2 atom stereocenters. The summed E-state index contributed by atoms with van der Waals surface area (Å²) in [4.78, 5) is 31.9. The second kappa shape index (κ2) is 8.19. The molecule has 0 aromatic carbocycles. The van der Waals surface area contributed by atoms with Gasteiger partial charge in [0.05, 0.1) is 25.4 Å². The summed E-state index contributed by atoms with van der Waals surface area (Å²) in [6.07, 6.45) is -0.542. The Morgan fingerprint density at radius 1 is 1.35 bits per heavy atom. The number of hydrogen-bond donors (Lipinski definition) is 6. The van der Waals surface area contributed by atoms with Gasteiger partial charge in [-0.1, -0.05) is 0 Å². The molecule has 2 rings (SSSR count). The number of nitrogens with two attached hydrogens (primary N) is 2. The van der Waals surface area contributed by atoms with Crippen molar-refractivity contribution in [1.29, 1.82) is 0 Å². The summed E-state index contributed by atoms with van der Waals surface area (Å²) in [5.41, 5.74) is 11.7. The zero-order valence-electron chi connectivity index (χ0n) is 14.2. The van der Waals surface area contributed by atoms with Crippen LogP contribution in [0.4, 0.5) is 0 Å². The summed E-state index contributed by atoms with van der Waals surface area (Å²) in [7, 11) is 0. The molecule has 12 nitrogen and oxygen atoms in total. The number of nitrogens with zero attached hydrogens (tertiary/aromatic N) is 3. The molecule has 2 aliphatic heterocycles. The fourth-order valence-electron chi connectivity index (χ4n) is 2.60. The highest BCUT2D eigenvalue weighted by atomic mass is 16.5. The lowest BCUT2D eigenvalue weighted by molar-refractivity contribution is -0.158. The smallest absolute Gasteiger partial charge is 0.306 e. The Labute approximate surface area is 149 Å². The van der Waals surface area contributed by atoms with Crippen molar-refractivity contribution in [1.82, 2.24) is 10.2 Å². The maximum Gasteiger partial charge on any atom is 0.306 e. The molecule has 8 N–H and O–H groups in total. The summed E-state index contributed by atoms with van der Waals surface area (Å²) in [5, 5.41) is 31.2. The first-order valence-electron chi connectivity index (χ1n) is 8.13. The Bertz CT molecular complexity index is 607. The predicted molar refractivity (Wildman–Crippen MR) is 90.0 cm³/mol. The summed E-state index contributed by atoms with van der Waals surface area (Å²) in [6, 6.07) is -0.913. The Morgan fingerprint density at radius 3 is 2.77 bits per heavy atom. The number of aliphatic carboxylic acids is 1. The van der Waals surface area contributed by atoms with E-state index in [0.29, 0.717) is 6.54 Å². The summed E-state index contributed by atoms with van der Waals surface area (Å²) in [5.74, 6) is -3.55. The van der Waals surface area contributed by atoms with Crippen molar-refractivity contribution in [3.8, 4) is 0 Å². The second-order valence-electron chi connectivity index (χ2n) is 6.26. The molecule has 0 saturated carbocycles. The molecule has 0 spiro atoms. The number of carbonyl (C=O) groups is 2. The first kappa shape index (κ1) is 19.7. The number of carboxylic acids is 1. The van der Waals surface area contributed by atoms with Crippen molar-refractivity contribution in [3.63, 3.8) is 0 Å². The maximum absolute atomic E-state index is 11.6. The largest absolute Gasteiger partial charge is 0.481 e. The molecule has 2 aliphatic rings. The fraction of sp³-hybridized carbons (Fsp3) is 0.714. The van der Waals surface area contributed by atoms with Crippen molar-refractivity contribution in [2.24, 2.45) is 21.5 Å². The van der Waals surface area contributed by atoms with Crippen LogP contribution in [0.2, 0.25) is 0 Å². The topological polar surface area (TPSA) is 196 Å². The van der Waals surface area contributed by atoms with Gasteiger partial charge in [-0.15, -0.1) is 0 Å². The van der Waals surface area contributed by atoms with E-state index in [9.17, 15) is 19.8 Å². The van der Waals surface area contributed by atoms with E-state index in [0.717, 1.165) is 0 Å². The predicted octanol–water partition coefficient (Wildman–Crippen LogP) is -3.25. The summed E-state index contributed by atoms with van der Waals surface area (Å²) >= 11 is 0. The van der Waals surface area contributed by atoms with Crippen molar-refractivity contribution in [2.45, 2.75) is 37.1 Å². The van der Waals surface area contributed by atoms with Gasteiger partial charge in [0.1, 0.15) is 12.6 Å². The zero-order valence-corrected chi connectivity index (χ0v) is 14.2. The minimum absolute atomic E-state index is 0.00155. The van der Waals surface area contributed by atoms with E-state index >= 15 is 0 Å². The van der Waals surface area contributed by atoms with Gasteiger partial charge in [0.15, 0.2) is 17.7 Å². The van der Waals surface area contributed by atoms with Crippen molar-refractivity contribution >= 4 is 23.9 Å². The van der Waals surface area contributed by atoms with Gasteiger partial charge in [0.25, 0.3) is 0 Å². The quantitative estimate of drug-likeness (QED) is 0.210. The lowest BCUT2D eigenvalue weighted by Crippen LogP contribution is -2.60. The molecular weight excluding hydrogens is 348 g/mol. The third kappa shape index (κ3) is 5.74. The lowest BCUT2D eigenvalue weighted by atomic mass is 10.1. The number of aliphatic hydroxyl groups is 2. The van der Waals surface area contributed by atoms with E-state index in [2.05, 4.69) is 15.3 Å². The number of carbonyl (C=O) groups excluding carboxylic acids is 1. The minimum atomic E-state index is -2.00. The highest BCUT2D eigenvalue weighted by Crippen LogP contribution is 2.15. The van der Waals surface area contributed by atoms with Gasteiger partial charge in [-0.25, -0.2) is 9.98 Å². The summed E-state index contributed by atoms with van der Waals surface area (Å²) in [6.45, 7) is 0.209. The van der Waals surface area contributed by atoms with Crippen LogP contribution in [0, 0.1) is 0 Å². The molecule has 0 fully saturated rings. The first-order valence-corrected chi connectivity index (χ1v) is 8.13. The Hall–Kier alpha value is -2.60. The molecule has 0 amide bonds. The number of hydrogen-bond acceptors (Lipinski definition) is 11. The van der Waals surface area contributed by atoms with E-state index in [4.69, 9.17) is 21.3 Å².